The van der Waals surface area contributed by atoms with Crippen LogP contribution in [0.4, 0.5) is 0 Å². The number of hydrogen-bond donors (Lipinski definition) is 2. The van der Waals surface area contributed by atoms with Crippen LogP contribution >= 0.6 is 24.0 Å². The van der Waals surface area contributed by atoms with E-state index in [0.29, 0.717) is 11.9 Å². The number of guanidine groups is 1. The Morgan fingerprint density at radius 3 is 2.64 bits per heavy atom. The molecule has 1 saturated carbocycles. The van der Waals surface area contributed by atoms with Crippen LogP contribution in [0.25, 0.3) is 11.5 Å². The van der Waals surface area contributed by atoms with Gasteiger partial charge in [0.25, 0.3) is 0 Å². The Kier molecular flexibility index (Phi) is 7.74. The quantitative estimate of drug-likeness (QED) is 0.409. The molecule has 1 aromatic heterocycles. The van der Waals surface area contributed by atoms with Gasteiger partial charge in [0.15, 0.2) is 5.96 Å². The maximum absolute atomic E-state index is 5.60. The van der Waals surface area contributed by atoms with E-state index in [4.69, 9.17) is 4.42 Å². The Morgan fingerprint density at radius 2 is 1.96 bits per heavy atom. The summed E-state index contributed by atoms with van der Waals surface area (Å²) in [5, 5.41) is 6.84. The van der Waals surface area contributed by atoms with Crippen LogP contribution in [0.2, 0.25) is 0 Å². The molecule has 0 amide bonds. The van der Waals surface area contributed by atoms with Crippen molar-refractivity contribution in [2.75, 3.05) is 13.6 Å². The first-order chi connectivity index (χ1) is 11.7. The molecule has 5 nitrogen and oxygen atoms in total. The summed E-state index contributed by atoms with van der Waals surface area (Å²) in [6.45, 7) is 2.86. The Bertz CT molecular complexity index is 675. The number of benzene rings is 1. The van der Waals surface area contributed by atoms with Gasteiger partial charge in [-0.2, -0.15) is 0 Å². The SMILES string of the molecule is CN=C(NCCc1coc(-c2ccc(C)cc2)n1)NC1CCCC1.I. The second-order valence-corrected chi connectivity index (χ2v) is 6.38. The summed E-state index contributed by atoms with van der Waals surface area (Å²) in [4.78, 5) is 8.86. The summed E-state index contributed by atoms with van der Waals surface area (Å²) in [6.07, 6.45) is 7.66. The number of hydrogen-bond acceptors (Lipinski definition) is 3. The Morgan fingerprint density at radius 1 is 1.24 bits per heavy atom. The average Bonchev–Trinajstić information content (AvgIpc) is 3.26. The molecule has 1 aliphatic carbocycles. The van der Waals surface area contributed by atoms with Crippen LogP contribution in [0.5, 0.6) is 0 Å². The lowest BCUT2D eigenvalue weighted by atomic mass is 10.1. The molecule has 2 N–H and O–H groups in total. The highest BCUT2D eigenvalue weighted by atomic mass is 127. The smallest absolute Gasteiger partial charge is 0.226 e. The van der Waals surface area contributed by atoms with Gasteiger partial charge in [-0.05, 0) is 31.9 Å². The second-order valence-electron chi connectivity index (χ2n) is 6.38. The fourth-order valence-corrected chi connectivity index (χ4v) is 3.02. The summed E-state index contributed by atoms with van der Waals surface area (Å²) in [5.41, 5.74) is 3.20. The third-order valence-corrected chi connectivity index (χ3v) is 4.44. The van der Waals surface area contributed by atoms with Crippen molar-refractivity contribution < 1.29 is 4.42 Å². The molecular formula is C19H27IN4O. The Balaban J connectivity index is 0.00000225. The van der Waals surface area contributed by atoms with E-state index >= 15 is 0 Å². The van der Waals surface area contributed by atoms with E-state index < -0.39 is 0 Å². The van der Waals surface area contributed by atoms with Gasteiger partial charge in [-0.1, -0.05) is 30.5 Å². The first kappa shape index (κ1) is 19.8. The first-order valence-electron chi connectivity index (χ1n) is 8.73. The van der Waals surface area contributed by atoms with Gasteiger partial charge < -0.3 is 15.1 Å². The van der Waals surface area contributed by atoms with Gasteiger partial charge in [-0.15, -0.1) is 24.0 Å². The topological polar surface area (TPSA) is 62.5 Å². The van der Waals surface area contributed by atoms with Gasteiger partial charge >= 0.3 is 0 Å². The van der Waals surface area contributed by atoms with Crippen molar-refractivity contribution >= 4 is 29.9 Å². The molecule has 6 heteroatoms. The van der Waals surface area contributed by atoms with Gasteiger partial charge in [-0.25, -0.2) is 4.98 Å². The van der Waals surface area contributed by atoms with Crippen LogP contribution in [0.15, 0.2) is 39.9 Å². The maximum Gasteiger partial charge on any atom is 0.226 e. The van der Waals surface area contributed by atoms with Crippen molar-refractivity contribution in [1.29, 1.82) is 0 Å². The third kappa shape index (κ3) is 5.73. The molecule has 0 saturated heterocycles. The van der Waals surface area contributed by atoms with Crippen LogP contribution in [-0.2, 0) is 6.42 Å². The lowest BCUT2D eigenvalue weighted by molar-refractivity contribution is 0.572. The first-order valence-corrected chi connectivity index (χ1v) is 8.73. The van der Waals surface area contributed by atoms with Gasteiger partial charge in [0.2, 0.25) is 5.89 Å². The number of oxazole rings is 1. The molecule has 25 heavy (non-hydrogen) atoms. The molecule has 3 rings (SSSR count). The zero-order valence-corrected chi connectivity index (χ0v) is 17.2. The van der Waals surface area contributed by atoms with Crippen LogP contribution in [0, 0.1) is 6.92 Å². The molecule has 0 radical (unpaired) electrons. The van der Waals surface area contributed by atoms with E-state index in [0.717, 1.165) is 30.2 Å². The lowest BCUT2D eigenvalue weighted by Crippen LogP contribution is -2.43. The van der Waals surface area contributed by atoms with Crippen LogP contribution < -0.4 is 10.6 Å². The molecule has 1 aromatic carbocycles. The van der Waals surface area contributed by atoms with Gasteiger partial charge in [-0.3, -0.25) is 4.99 Å². The summed E-state index contributed by atoms with van der Waals surface area (Å²) in [5.74, 6) is 1.56. The summed E-state index contributed by atoms with van der Waals surface area (Å²) < 4.78 is 5.60. The standard InChI is InChI=1S/C19H26N4O.HI/c1-14-7-9-15(10-8-14)18-22-17(13-24-18)11-12-21-19(20-2)23-16-5-3-4-6-16;/h7-10,13,16H,3-6,11-12H2,1-2H3,(H2,20,21,23);1H. The fraction of sp³-hybridized carbons (Fsp3) is 0.474. The van der Waals surface area contributed by atoms with E-state index in [-0.39, 0.29) is 24.0 Å². The van der Waals surface area contributed by atoms with Crippen molar-refractivity contribution in [3.63, 3.8) is 0 Å². The minimum Gasteiger partial charge on any atom is -0.444 e. The average molecular weight is 454 g/mol. The van der Waals surface area contributed by atoms with Crippen molar-refractivity contribution in [2.45, 2.75) is 45.1 Å². The normalized spacial score (nSPS) is 15.0. The van der Waals surface area contributed by atoms with Crippen molar-refractivity contribution in [3.05, 3.63) is 41.8 Å². The van der Waals surface area contributed by atoms with E-state index in [9.17, 15) is 0 Å². The molecule has 0 atom stereocenters. The van der Waals surface area contributed by atoms with Crippen LogP contribution in [-0.4, -0.2) is 30.6 Å². The largest absolute Gasteiger partial charge is 0.444 e. The number of aliphatic imine (C=N–C) groups is 1. The molecule has 136 valence electrons. The number of nitrogens with one attached hydrogen (secondary N) is 2. The van der Waals surface area contributed by atoms with Crippen molar-refractivity contribution in [1.82, 2.24) is 15.6 Å². The van der Waals surface area contributed by atoms with E-state index in [1.165, 1.54) is 31.2 Å². The highest BCUT2D eigenvalue weighted by Gasteiger charge is 2.15. The Hall–Kier alpha value is -1.57. The lowest BCUT2D eigenvalue weighted by Gasteiger charge is -2.16. The summed E-state index contributed by atoms with van der Waals surface area (Å²) >= 11 is 0. The molecule has 2 aromatic rings. The molecule has 0 spiro atoms. The van der Waals surface area contributed by atoms with E-state index in [2.05, 4.69) is 39.7 Å². The summed E-state index contributed by atoms with van der Waals surface area (Å²) in [7, 11) is 1.82. The van der Waals surface area contributed by atoms with Crippen molar-refractivity contribution in [3.8, 4) is 11.5 Å². The minimum absolute atomic E-state index is 0. The second kappa shape index (κ2) is 9.79. The number of rotatable bonds is 5. The summed E-state index contributed by atoms with van der Waals surface area (Å²) in [6, 6.07) is 8.78. The highest BCUT2D eigenvalue weighted by Crippen LogP contribution is 2.19. The number of nitrogens with zero attached hydrogens (tertiary/aromatic N) is 2. The van der Waals surface area contributed by atoms with Crippen molar-refractivity contribution in [2.24, 2.45) is 4.99 Å². The Labute approximate surface area is 166 Å². The molecule has 0 unspecified atom stereocenters. The number of aromatic nitrogens is 1. The number of halogens is 1. The van der Waals surface area contributed by atoms with Gasteiger partial charge in [0.1, 0.15) is 6.26 Å². The molecular weight excluding hydrogens is 427 g/mol. The van der Waals surface area contributed by atoms with E-state index in [1.54, 1.807) is 6.26 Å². The highest BCUT2D eigenvalue weighted by molar-refractivity contribution is 14.0. The maximum atomic E-state index is 5.60. The zero-order valence-electron chi connectivity index (χ0n) is 14.9. The van der Waals surface area contributed by atoms with Crippen LogP contribution in [0.1, 0.15) is 36.9 Å². The predicted octanol–water partition coefficient (Wildman–Crippen LogP) is 3.92. The van der Waals surface area contributed by atoms with Gasteiger partial charge in [0.05, 0.1) is 5.69 Å². The predicted molar refractivity (Wildman–Crippen MR) is 113 cm³/mol. The zero-order chi connectivity index (χ0) is 16.8. The molecule has 0 bridgehead atoms. The van der Waals surface area contributed by atoms with Crippen LogP contribution in [0.3, 0.4) is 0 Å². The van der Waals surface area contributed by atoms with E-state index in [1.807, 2.05) is 19.2 Å². The molecule has 0 aliphatic heterocycles. The number of aryl methyl sites for hydroxylation is 1. The molecule has 1 heterocycles. The third-order valence-electron chi connectivity index (χ3n) is 4.44. The van der Waals surface area contributed by atoms with Gasteiger partial charge in [0, 0.05) is 31.6 Å². The molecule has 1 aliphatic rings. The molecule has 1 fully saturated rings. The monoisotopic (exact) mass is 454 g/mol. The fourth-order valence-electron chi connectivity index (χ4n) is 3.02. The minimum atomic E-state index is 0.